The first-order valence-corrected chi connectivity index (χ1v) is 2.20. The summed E-state index contributed by atoms with van der Waals surface area (Å²) < 4.78 is 32.6. The summed E-state index contributed by atoms with van der Waals surface area (Å²) in [6.45, 7) is 0. The van der Waals surface area contributed by atoms with Crippen molar-refractivity contribution in [2.75, 3.05) is 0 Å². The monoisotopic (exact) mass is 126 g/mol. The van der Waals surface area contributed by atoms with Crippen molar-refractivity contribution in [3.05, 3.63) is 0 Å². The SMILES string of the molecule is N#CS[B-](F)(F)F. The number of halogens is 3. The molecule has 0 N–H and O–H groups in total. The highest BCUT2D eigenvalue weighted by molar-refractivity contribution is 8.29. The Balaban J connectivity index is 3.40. The van der Waals surface area contributed by atoms with Crippen molar-refractivity contribution >= 4 is 17.9 Å². The second-order valence-electron chi connectivity index (χ2n) is 0.724. The van der Waals surface area contributed by atoms with Crippen molar-refractivity contribution in [2.24, 2.45) is 0 Å². The van der Waals surface area contributed by atoms with Gasteiger partial charge in [0.25, 0.3) is 0 Å². The Labute approximate surface area is 42.5 Å². The first kappa shape index (κ1) is 6.69. The third-order valence-electron chi connectivity index (χ3n) is 0.186. The van der Waals surface area contributed by atoms with Crippen molar-refractivity contribution in [1.82, 2.24) is 0 Å². The number of hydrogen-bond acceptors (Lipinski definition) is 2. The standard InChI is InChI=1S/CBF3NS/c3-2(4,5)7-1-6/q-1. The van der Waals surface area contributed by atoms with Gasteiger partial charge >= 0.3 is 6.26 Å². The second kappa shape index (κ2) is 2.12. The van der Waals surface area contributed by atoms with Crippen LogP contribution in [0.2, 0.25) is 0 Å². The van der Waals surface area contributed by atoms with Gasteiger partial charge in [-0.15, -0.1) is 11.6 Å². The third kappa shape index (κ3) is 5.69. The van der Waals surface area contributed by atoms with Crippen molar-refractivity contribution in [2.45, 2.75) is 0 Å². The fraction of sp³-hybridized carbons (Fsp3) is 0. The Bertz CT molecular complexity index is 92.1. The molecule has 0 fully saturated rings. The van der Waals surface area contributed by atoms with E-state index in [0.717, 1.165) is 5.40 Å². The van der Waals surface area contributed by atoms with Crippen LogP contribution in [0.3, 0.4) is 0 Å². The Morgan fingerprint density at radius 2 is 1.86 bits per heavy atom. The molecule has 1 nitrogen and oxygen atoms in total. The molecule has 0 spiro atoms. The topological polar surface area (TPSA) is 23.8 Å². The molecule has 0 saturated carbocycles. The van der Waals surface area contributed by atoms with Gasteiger partial charge in [-0.2, -0.15) is 5.26 Å². The van der Waals surface area contributed by atoms with E-state index in [1.807, 2.05) is 0 Å². The van der Waals surface area contributed by atoms with Crippen molar-refractivity contribution in [3.8, 4) is 5.40 Å². The van der Waals surface area contributed by atoms with Gasteiger partial charge in [-0.25, -0.2) is 0 Å². The maximum atomic E-state index is 10.9. The van der Waals surface area contributed by atoms with Gasteiger partial charge in [0.05, 0.1) is 5.40 Å². The zero-order chi connectivity index (χ0) is 5.91. The molecule has 0 saturated heterocycles. The van der Waals surface area contributed by atoms with E-state index in [1.54, 1.807) is 0 Å². The zero-order valence-corrected chi connectivity index (χ0v) is 3.88. The summed E-state index contributed by atoms with van der Waals surface area (Å²) in [4.78, 5) is 0. The second-order valence-corrected chi connectivity index (χ2v) is 1.68. The van der Waals surface area contributed by atoms with Gasteiger partial charge in [-0.3, -0.25) is 0 Å². The minimum Gasteiger partial charge on any atom is -0.438 e. The van der Waals surface area contributed by atoms with Crippen LogP contribution in [-0.2, 0) is 0 Å². The average molecular weight is 126 g/mol. The van der Waals surface area contributed by atoms with Gasteiger partial charge < -0.3 is 12.9 Å². The lowest BCUT2D eigenvalue weighted by molar-refractivity contribution is 0.520. The molecule has 40 valence electrons. The number of hydrogen-bond donors (Lipinski definition) is 0. The molecule has 0 heterocycles. The predicted octanol–water partition coefficient (Wildman–Crippen LogP) is 1.54. The Morgan fingerprint density at radius 3 is 1.86 bits per heavy atom. The minimum absolute atomic E-state index is 0.644. The number of nitrogens with zero attached hydrogens (tertiary/aromatic N) is 1. The molecule has 0 aromatic carbocycles. The molecule has 0 aliphatic carbocycles. The van der Waals surface area contributed by atoms with Gasteiger partial charge in [0.15, 0.2) is 0 Å². The maximum Gasteiger partial charge on any atom is 0.556 e. The van der Waals surface area contributed by atoms with Crippen molar-refractivity contribution < 1.29 is 12.9 Å². The molecule has 6 heteroatoms. The molecule has 0 aromatic rings. The lowest BCUT2D eigenvalue weighted by Gasteiger charge is -2.04. The molecule has 0 atom stereocenters. The Hall–Kier alpha value is -0.305. The molecule has 0 radical (unpaired) electrons. The van der Waals surface area contributed by atoms with Gasteiger partial charge in [0, 0.05) is 0 Å². The summed E-state index contributed by atoms with van der Waals surface area (Å²) in [6.07, 6.45) is -4.94. The minimum atomic E-state index is -4.94. The number of nitriles is 1. The molecule has 0 bridgehead atoms. The molecule has 0 aromatic heterocycles. The van der Waals surface area contributed by atoms with E-state index < -0.39 is 17.9 Å². The summed E-state index contributed by atoms with van der Waals surface area (Å²) in [5, 5.41) is 8.34. The predicted molar refractivity (Wildman–Crippen MR) is 22.3 cm³/mol. The first-order chi connectivity index (χ1) is 3.06. The van der Waals surface area contributed by atoms with Crippen LogP contribution in [0.1, 0.15) is 0 Å². The lowest BCUT2D eigenvalue weighted by atomic mass is 10.4. The normalized spacial score (nSPS) is 10.6. The van der Waals surface area contributed by atoms with Crippen LogP contribution in [0.4, 0.5) is 12.9 Å². The van der Waals surface area contributed by atoms with Crippen LogP contribution in [0.25, 0.3) is 0 Å². The summed E-state index contributed by atoms with van der Waals surface area (Å²) in [6, 6.07) is 0. The van der Waals surface area contributed by atoms with E-state index in [9.17, 15) is 12.9 Å². The van der Waals surface area contributed by atoms with E-state index in [4.69, 9.17) is 5.26 Å². The smallest absolute Gasteiger partial charge is 0.438 e. The number of thiocyanates is 1. The maximum absolute atomic E-state index is 10.9. The van der Waals surface area contributed by atoms with E-state index in [2.05, 4.69) is 0 Å². The molecule has 0 amide bonds. The lowest BCUT2D eigenvalue weighted by Crippen LogP contribution is -2.05. The Kier molecular flexibility index (Phi) is 2.03. The molecular formula is CBF3NS-. The van der Waals surface area contributed by atoms with E-state index in [-0.39, 0.29) is 0 Å². The molecular weight excluding hydrogens is 126 g/mol. The fourth-order valence-electron chi connectivity index (χ4n) is 0.0598. The zero-order valence-electron chi connectivity index (χ0n) is 3.07. The van der Waals surface area contributed by atoms with Crippen LogP contribution in [0.5, 0.6) is 0 Å². The summed E-state index contributed by atoms with van der Waals surface area (Å²) >= 11 is -0.644. The van der Waals surface area contributed by atoms with Gasteiger partial charge in [-0.1, -0.05) is 0 Å². The van der Waals surface area contributed by atoms with Gasteiger partial charge in [0.1, 0.15) is 0 Å². The average Bonchev–Trinajstić information content (AvgIpc) is 1.30. The first-order valence-electron chi connectivity index (χ1n) is 1.32. The van der Waals surface area contributed by atoms with E-state index >= 15 is 0 Å². The highest BCUT2D eigenvalue weighted by atomic mass is 32.2. The molecule has 0 unspecified atom stereocenters. The molecule has 0 aliphatic heterocycles. The van der Waals surface area contributed by atoms with Crippen LogP contribution < -0.4 is 0 Å². The number of rotatable bonds is 1. The van der Waals surface area contributed by atoms with E-state index in [0.29, 0.717) is 0 Å². The largest absolute Gasteiger partial charge is 0.556 e. The molecule has 0 rings (SSSR count). The molecule has 7 heavy (non-hydrogen) atoms. The van der Waals surface area contributed by atoms with Crippen molar-refractivity contribution in [3.63, 3.8) is 0 Å². The van der Waals surface area contributed by atoms with Crippen molar-refractivity contribution in [1.29, 1.82) is 5.26 Å². The quantitative estimate of drug-likeness (QED) is 0.393. The van der Waals surface area contributed by atoms with Crippen LogP contribution in [0.15, 0.2) is 0 Å². The van der Waals surface area contributed by atoms with E-state index in [1.165, 1.54) is 0 Å². The van der Waals surface area contributed by atoms with Crippen LogP contribution in [-0.4, -0.2) is 6.26 Å². The summed E-state index contributed by atoms with van der Waals surface area (Å²) in [5.74, 6) is 0. The molecule has 0 aliphatic rings. The summed E-state index contributed by atoms with van der Waals surface area (Å²) in [5.41, 5.74) is 0. The van der Waals surface area contributed by atoms with Gasteiger partial charge in [-0.05, 0) is 0 Å². The Morgan fingerprint density at radius 1 is 1.43 bits per heavy atom. The summed E-state index contributed by atoms with van der Waals surface area (Å²) in [7, 11) is 0. The third-order valence-corrected chi connectivity index (χ3v) is 0.559. The fourth-order valence-corrected chi connectivity index (χ4v) is 0.179. The van der Waals surface area contributed by atoms with Crippen LogP contribution in [0, 0.1) is 10.7 Å². The van der Waals surface area contributed by atoms with Gasteiger partial charge in [0.2, 0.25) is 0 Å². The highest BCUT2D eigenvalue weighted by Gasteiger charge is 2.22. The highest BCUT2D eigenvalue weighted by Crippen LogP contribution is 2.22. The van der Waals surface area contributed by atoms with Crippen LogP contribution >= 0.6 is 11.6 Å².